The summed E-state index contributed by atoms with van der Waals surface area (Å²) >= 11 is 5.90. The molecule has 3 aromatic carbocycles. The molecule has 1 unspecified atom stereocenters. The molecule has 0 amide bonds. The van der Waals surface area contributed by atoms with Gasteiger partial charge in [0.25, 0.3) is 0 Å². The molecule has 6 heteroatoms. The predicted molar refractivity (Wildman–Crippen MR) is 117 cm³/mol. The monoisotopic (exact) mass is 425 g/mol. The maximum Gasteiger partial charge on any atom is 0.322 e. The van der Waals surface area contributed by atoms with E-state index in [1.807, 2.05) is 66.7 Å². The van der Waals surface area contributed by atoms with E-state index in [9.17, 15) is 4.79 Å². The van der Waals surface area contributed by atoms with E-state index in [2.05, 4.69) is 0 Å². The van der Waals surface area contributed by atoms with Crippen molar-refractivity contribution in [1.29, 1.82) is 0 Å². The zero-order valence-corrected chi connectivity index (χ0v) is 17.7. The Kier molecular flexibility index (Phi) is 7.71. The van der Waals surface area contributed by atoms with Crippen LogP contribution < -0.4 is 9.47 Å². The molecule has 5 nitrogen and oxygen atoms in total. The third-order valence-corrected chi connectivity index (χ3v) is 4.57. The van der Waals surface area contributed by atoms with Crippen LogP contribution in [0.2, 0.25) is 5.02 Å². The lowest BCUT2D eigenvalue weighted by Gasteiger charge is -2.22. The highest BCUT2D eigenvalue weighted by Crippen LogP contribution is 2.29. The molecule has 0 aliphatic rings. The fourth-order valence-electron chi connectivity index (χ4n) is 2.91. The van der Waals surface area contributed by atoms with Crippen LogP contribution in [0.15, 0.2) is 78.9 Å². The number of ether oxygens (including phenoxy) is 2. The lowest BCUT2D eigenvalue weighted by atomic mass is 10.1. The predicted octanol–water partition coefficient (Wildman–Crippen LogP) is 6.05. The maximum atomic E-state index is 11.1. The Balaban J connectivity index is 1.66. The summed E-state index contributed by atoms with van der Waals surface area (Å²) in [5, 5.41) is 2.18. The summed E-state index contributed by atoms with van der Waals surface area (Å²) in [6.45, 7) is 1.92. The molecule has 0 bridgehead atoms. The Morgan fingerprint density at radius 3 is 2.07 bits per heavy atom. The third kappa shape index (κ3) is 6.79. The van der Waals surface area contributed by atoms with E-state index >= 15 is 0 Å². The normalized spacial score (nSPS) is 11.7. The summed E-state index contributed by atoms with van der Waals surface area (Å²) < 4.78 is 12.1. The van der Waals surface area contributed by atoms with Crippen LogP contribution in [-0.4, -0.2) is 24.6 Å². The number of benzene rings is 3. The number of hydrogen-bond acceptors (Lipinski definition) is 5. The van der Waals surface area contributed by atoms with E-state index < -0.39 is 0 Å². The number of rotatable bonds is 9. The van der Waals surface area contributed by atoms with Crippen molar-refractivity contribution in [2.75, 3.05) is 13.6 Å². The summed E-state index contributed by atoms with van der Waals surface area (Å²) in [4.78, 5) is 16.2. The average Bonchev–Trinajstić information content (AvgIpc) is 2.74. The number of hydrogen-bond donors (Lipinski definition) is 0. The van der Waals surface area contributed by atoms with Crippen LogP contribution in [0.3, 0.4) is 0 Å². The van der Waals surface area contributed by atoms with Crippen molar-refractivity contribution in [1.82, 2.24) is 5.06 Å². The summed E-state index contributed by atoms with van der Waals surface area (Å²) in [7, 11) is 1.73. The average molecular weight is 426 g/mol. The maximum absolute atomic E-state index is 11.1. The van der Waals surface area contributed by atoms with Gasteiger partial charge in [-0.15, -0.1) is 5.06 Å². The van der Waals surface area contributed by atoms with Crippen molar-refractivity contribution in [3.05, 3.63) is 89.4 Å². The van der Waals surface area contributed by atoms with E-state index in [0.717, 1.165) is 11.3 Å². The molecule has 30 heavy (non-hydrogen) atoms. The number of halogens is 1. The Morgan fingerprint density at radius 1 is 0.900 bits per heavy atom. The van der Waals surface area contributed by atoms with Crippen molar-refractivity contribution in [3.63, 3.8) is 0 Å². The van der Waals surface area contributed by atoms with Gasteiger partial charge in [0.1, 0.15) is 23.4 Å². The molecule has 1 atom stereocenters. The SMILES string of the molecule is CC(=O)ON(C)CCC(Oc1ccc(Oc2ccc(Cl)cc2)cc1)c1ccccc1. The second kappa shape index (κ2) is 10.7. The van der Waals surface area contributed by atoms with Gasteiger partial charge in [0, 0.05) is 32.0 Å². The minimum atomic E-state index is -0.342. The van der Waals surface area contributed by atoms with E-state index in [1.54, 1.807) is 19.2 Å². The highest BCUT2D eigenvalue weighted by molar-refractivity contribution is 6.30. The van der Waals surface area contributed by atoms with Gasteiger partial charge in [-0.1, -0.05) is 41.9 Å². The van der Waals surface area contributed by atoms with Crippen molar-refractivity contribution in [3.8, 4) is 17.2 Å². The van der Waals surface area contributed by atoms with Gasteiger partial charge in [-0.3, -0.25) is 4.79 Å². The largest absolute Gasteiger partial charge is 0.486 e. The molecule has 0 aromatic heterocycles. The van der Waals surface area contributed by atoms with E-state index in [-0.39, 0.29) is 12.1 Å². The lowest BCUT2D eigenvalue weighted by molar-refractivity contribution is -0.182. The molecule has 0 saturated carbocycles. The Hall–Kier alpha value is -3.02. The number of hydroxylamine groups is 2. The Labute approximate surface area is 181 Å². The second-order valence-electron chi connectivity index (χ2n) is 6.77. The summed E-state index contributed by atoms with van der Waals surface area (Å²) in [6, 6.07) is 24.6. The van der Waals surface area contributed by atoms with Crippen LogP contribution >= 0.6 is 11.6 Å². The Morgan fingerprint density at radius 2 is 1.47 bits per heavy atom. The van der Waals surface area contributed by atoms with Gasteiger partial charge in [-0.25, -0.2) is 0 Å². The molecule has 0 radical (unpaired) electrons. The fourth-order valence-corrected chi connectivity index (χ4v) is 3.04. The summed E-state index contributed by atoms with van der Waals surface area (Å²) in [6.07, 6.45) is 0.462. The van der Waals surface area contributed by atoms with Crippen molar-refractivity contribution >= 4 is 17.6 Å². The van der Waals surface area contributed by atoms with Crippen LogP contribution in [0.25, 0.3) is 0 Å². The minimum absolute atomic E-state index is 0.188. The molecule has 0 saturated heterocycles. The first kappa shape index (κ1) is 21.7. The molecule has 3 rings (SSSR count). The first-order valence-corrected chi connectivity index (χ1v) is 10.0. The molecular weight excluding hydrogens is 402 g/mol. The fraction of sp³-hybridized carbons (Fsp3) is 0.208. The van der Waals surface area contributed by atoms with Gasteiger partial charge in [-0.05, 0) is 54.1 Å². The summed E-state index contributed by atoms with van der Waals surface area (Å²) in [5.41, 5.74) is 1.05. The Bertz CT molecular complexity index is 930. The smallest absolute Gasteiger partial charge is 0.322 e. The highest BCUT2D eigenvalue weighted by Gasteiger charge is 2.15. The molecule has 0 N–H and O–H groups in total. The highest BCUT2D eigenvalue weighted by atomic mass is 35.5. The molecule has 0 fully saturated rings. The van der Waals surface area contributed by atoms with E-state index in [0.29, 0.717) is 29.5 Å². The number of nitrogens with zero attached hydrogens (tertiary/aromatic N) is 1. The van der Waals surface area contributed by atoms with Crippen molar-refractivity contribution in [2.24, 2.45) is 0 Å². The minimum Gasteiger partial charge on any atom is -0.486 e. The lowest BCUT2D eigenvalue weighted by Crippen LogP contribution is -2.25. The van der Waals surface area contributed by atoms with Gasteiger partial charge in [0.05, 0.1) is 0 Å². The van der Waals surface area contributed by atoms with E-state index in [4.69, 9.17) is 25.9 Å². The van der Waals surface area contributed by atoms with Gasteiger partial charge in [0.2, 0.25) is 0 Å². The first-order chi connectivity index (χ1) is 14.5. The zero-order valence-electron chi connectivity index (χ0n) is 17.0. The van der Waals surface area contributed by atoms with Gasteiger partial charge in [-0.2, -0.15) is 0 Å². The summed E-state index contributed by atoms with van der Waals surface area (Å²) in [5.74, 6) is 1.80. The van der Waals surface area contributed by atoms with Gasteiger partial charge < -0.3 is 14.3 Å². The van der Waals surface area contributed by atoms with Crippen molar-refractivity contribution < 1.29 is 19.1 Å². The molecule has 3 aromatic rings. The topological polar surface area (TPSA) is 48.0 Å². The van der Waals surface area contributed by atoms with Crippen LogP contribution in [0.1, 0.15) is 25.0 Å². The van der Waals surface area contributed by atoms with Crippen LogP contribution in [0.4, 0.5) is 0 Å². The third-order valence-electron chi connectivity index (χ3n) is 4.31. The van der Waals surface area contributed by atoms with Gasteiger partial charge in [0.15, 0.2) is 0 Å². The number of carbonyl (C=O) groups is 1. The second-order valence-corrected chi connectivity index (χ2v) is 7.20. The zero-order chi connectivity index (χ0) is 21.3. The molecule has 0 aliphatic heterocycles. The van der Waals surface area contributed by atoms with Gasteiger partial charge >= 0.3 is 5.97 Å². The molecular formula is C24H24ClNO4. The quantitative estimate of drug-likeness (QED) is 0.390. The molecule has 0 heterocycles. The molecule has 0 spiro atoms. The van der Waals surface area contributed by atoms with Crippen molar-refractivity contribution in [2.45, 2.75) is 19.4 Å². The van der Waals surface area contributed by atoms with E-state index in [1.165, 1.54) is 12.0 Å². The van der Waals surface area contributed by atoms with Crippen LogP contribution in [0, 0.1) is 0 Å². The first-order valence-electron chi connectivity index (χ1n) is 9.64. The molecule has 0 aliphatic carbocycles. The van der Waals surface area contributed by atoms with Crippen LogP contribution in [-0.2, 0) is 9.63 Å². The number of carbonyl (C=O) groups excluding carboxylic acids is 1. The molecule has 156 valence electrons. The van der Waals surface area contributed by atoms with Crippen LogP contribution in [0.5, 0.6) is 17.2 Å². The standard InChI is InChI=1S/C24H24ClNO4/c1-18(27)30-26(2)17-16-24(19-6-4-3-5-7-19)29-23-14-12-22(13-15-23)28-21-10-8-20(25)9-11-21/h3-15,24H,16-17H2,1-2H3.